The Hall–Kier alpha value is -0.420. The zero-order valence-electron chi connectivity index (χ0n) is 10.5. The van der Waals surface area contributed by atoms with Crippen molar-refractivity contribution in [1.82, 2.24) is 4.90 Å². The Kier molecular flexibility index (Phi) is 4.92. The third kappa shape index (κ3) is 4.22. The van der Waals surface area contributed by atoms with E-state index in [-0.39, 0.29) is 12.1 Å². The molecule has 1 aliphatic rings. The van der Waals surface area contributed by atoms with Crippen LogP contribution in [0.5, 0.6) is 0 Å². The fourth-order valence-electron chi connectivity index (χ4n) is 1.72. The van der Waals surface area contributed by atoms with Crippen LogP contribution < -0.4 is 0 Å². The van der Waals surface area contributed by atoms with Crippen LogP contribution in [0.25, 0.3) is 0 Å². The van der Waals surface area contributed by atoms with Crippen molar-refractivity contribution >= 4 is 18.1 Å². The second-order valence-electron chi connectivity index (χ2n) is 4.92. The molecule has 0 aromatic carbocycles. The number of amides is 1. The summed E-state index contributed by atoms with van der Waals surface area (Å²) in [6.45, 7) is 7.01. The molecule has 0 aromatic rings. The van der Waals surface area contributed by atoms with Crippen LogP contribution in [0.15, 0.2) is 0 Å². The van der Waals surface area contributed by atoms with Gasteiger partial charge in [0.05, 0.1) is 12.6 Å². The lowest BCUT2D eigenvalue weighted by molar-refractivity contribution is 0.0194. The first-order chi connectivity index (χ1) is 7.44. The van der Waals surface area contributed by atoms with Gasteiger partial charge in [0.25, 0.3) is 0 Å². The van der Waals surface area contributed by atoms with Crippen molar-refractivity contribution in [3.8, 4) is 0 Å². The third-order valence-electron chi connectivity index (χ3n) is 2.38. The summed E-state index contributed by atoms with van der Waals surface area (Å²) in [5, 5.41) is 0. The Labute approximate surface area is 102 Å². The number of hydrogen-bond donors (Lipinski definition) is 0. The van der Waals surface area contributed by atoms with Gasteiger partial charge in [0, 0.05) is 12.8 Å². The summed E-state index contributed by atoms with van der Waals surface area (Å²) >= 11 is 1.34. The predicted molar refractivity (Wildman–Crippen MR) is 65.4 cm³/mol. The van der Waals surface area contributed by atoms with Gasteiger partial charge < -0.3 is 13.8 Å². The van der Waals surface area contributed by atoms with Crippen LogP contribution in [-0.4, -0.2) is 42.0 Å². The molecule has 5 heteroatoms. The van der Waals surface area contributed by atoms with Crippen molar-refractivity contribution in [1.29, 1.82) is 0 Å². The molecule has 4 nitrogen and oxygen atoms in total. The van der Waals surface area contributed by atoms with Crippen molar-refractivity contribution in [2.24, 2.45) is 0 Å². The average Bonchev–Trinajstić information content (AvgIpc) is 2.59. The summed E-state index contributed by atoms with van der Waals surface area (Å²) in [6.07, 6.45) is 3.69. The first kappa shape index (κ1) is 13.6. The van der Waals surface area contributed by atoms with Crippen LogP contribution in [0.2, 0.25) is 0 Å². The van der Waals surface area contributed by atoms with E-state index in [1.807, 2.05) is 27.0 Å². The van der Waals surface area contributed by atoms with Crippen LogP contribution in [0, 0.1) is 0 Å². The fourth-order valence-corrected chi connectivity index (χ4v) is 2.01. The predicted octanol–water partition coefficient (Wildman–Crippen LogP) is 2.68. The van der Waals surface area contributed by atoms with Crippen molar-refractivity contribution in [2.75, 3.05) is 19.4 Å². The molecular weight excluding hydrogens is 226 g/mol. The van der Waals surface area contributed by atoms with Crippen molar-refractivity contribution in [3.63, 3.8) is 0 Å². The highest BCUT2D eigenvalue weighted by Gasteiger charge is 2.32. The van der Waals surface area contributed by atoms with Gasteiger partial charge in [-0.3, -0.25) is 0 Å². The lowest BCUT2D eigenvalue weighted by atomic mass is 10.2. The van der Waals surface area contributed by atoms with Gasteiger partial charge in [-0.15, -0.1) is 0 Å². The minimum absolute atomic E-state index is 0.169. The van der Waals surface area contributed by atoms with Gasteiger partial charge in [-0.1, -0.05) is 0 Å². The largest absolute Gasteiger partial charge is 0.444 e. The summed E-state index contributed by atoms with van der Waals surface area (Å²) in [6, 6.07) is 0.169. The van der Waals surface area contributed by atoms with Crippen LogP contribution >= 0.6 is 12.0 Å². The zero-order chi connectivity index (χ0) is 12.2. The maximum atomic E-state index is 11.9. The summed E-state index contributed by atoms with van der Waals surface area (Å²) < 4.78 is 10.7. The van der Waals surface area contributed by atoms with E-state index < -0.39 is 5.60 Å². The molecule has 16 heavy (non-hydrogen) atoms. The first-order valence-corrected chi connectivity index (χ1v) is 6.74. The quantitative estimate of drug-likeness (QED) is 0.719. The summed E-state index contributed by atoms with van der Waals surface area (Å²) in [5.74, 6) is 0. The van der Waals surface area contributed by atoms with E-state index in [2.05, 4.69) is 0 Å². The summed E-state index contributed by atoms with van der Waals surface area (Å²) in [7, 11) is 0. The van der Waals surface area contributed by atoms with E-state index in [0.29, 0.717) is 6.61 Å². The molecule has 1 heterocycles. The number of carbonyl (C=O) groups is 1. The summed E-state index contributed by atoms with van der Waals surface area (Å²) in [4.78, 5) is 13.7. The van der Waals surface area contributed by atoms with E-state index in [0.717, 1.165) is 19.4 Å². The molecule has 0 N–H and O–H groups in total. The second kappa shape index (κ2) is 5.77. The molecule has 0 aromatic heterocycles. The average molecular weight is 247 g/mol. The van der Waals surface area contributed by atoms with E-state index in [1.54, 1.807) is 4.90 Å². The standard InChI is InChI=1S/C11H21NO3S/c1-11(2,3)15-10(13)12-7-5-6-9(12)8-14-16-4/h9H,5-8H2,1-4H3. The maximum absolute atomic E-state index is 11.9. The number of hydrogen-bond acceptors (Lipinski definition) is 4. The molecule has 0 bridgehead atoms. The minimum Gasteiger partial charge on any atom is -0.444 e. The molecule has 0 saturated carbocycles. The highest BCUT2D eigenvalue weighted by molar-refractivity contribution is 7.93. The lowest BCUT2D eigenvalue weighted by Crippen LogP contribution is -2.41. The summed E-state index contributed by atoms with van der Waals surface area (Å²) in [5.41, 5.74) is -0.426. The molecule has 1 amide bonds. The third-order valence-corrected chi connectivity index (χ3v) is 2.76. The van der Waals surface area contributed by atoms with Gasteiger partial charge in [-0.2, -0.15) is 0 Å². The number of carbonyl (C=O) groups excluding carboxylic acids is 1. The molecule has 1 unspecified atom stereocenters. The van der Waals surface area contributed by atoms with Crippen LogP contribution in [-0.2, 0) is 8.92 Å². The van der Waals surface area contributed by atoms with Crippen LogP contribution in [0.3, 0.4) is 0 Å². The molecule has 0 aliphatic carbocycles. The fraction of sp³-hybridized carbons (Fsp3) is 0.909. The van der Waals surface area contributed by atoms with E-state index in [1.165, 1.54) is 12.0 Å². The van der Waals surface area contributed by atoms with Crippen molar-refractivity contribution in [3.05, 3.63) is 0 Å². The van der Waals surface area contributed by atoms with E-state index in [4.69, 9.17) is 8.92 Å². The number of ether oxygens (including phenoxy) is 1. The van der Waals surface area contributed by atoms with Gasteiger partial charge in [0.2, 0.25) is 0 Å². The van der Waals surface area contributed by atoms with Gasteiger partial charge in [-0.05, 0) is 45.7 Å². The highest BCUT2D eigenvalue weighted by Crippen LogP contribution is 2.21. The van der Waals surface area contributed by atoms with Crippen molar-refractivity contribution < 1.29 is 13.7 Å². The number of likely N-dealkylation sites (tertiary alicyclic amines) is 1. The molecule has 0 spiro atoms. The number of rotatable bonds is 3. The van der Waals surface area contributed by atoms with Gasteiger partial charge in [-0.25, -0.2) is 4.79 Å². The Balaban J connectivity index is 2.47. The van der Waals surface area contributed by atoms with Gasteiger partial charge in [0.15, 0.2) is 0 Å². The molecule has 1 fully saturated rings. The molecule has 1 rings (SSSR count). The van der Waals surface area contributed by atoms with Gasteiger partial charge >= 0.3 is 6.09 Å². The Morgan fingerprint density at radius 3 is 2.75 bits per heavy atom. The molecular formula is C11H21NO3S. The van der Waals surface area contributed by atoms with E-state index >= 15 is 0 Å². The zero-order valence-corrected chi connectivity index (χ0v) is 11.3. The maximum Gasteiger partial charge on any atom is 0.410 e. The SMILES string of the molecule is CSOCC1CCCN1C(=O)OC(C)(C)C. The highest BCUT2D eigenvalue weighted by atomic mass is 32.2. The van der Waals surface area contributed by atoms with Crippen LogP contribution in [0.4, 0.5) is 4.79 Å². The second-order valence-corrected chi connectivity index (χ2v) is 5.49. The first-order valence-electron chi connectivity index (χ1n) is 5.59. The Morgan fingerprint density at radius 2 is 2.19 bits per heavy atom. The Bertz CT molecular complexity index is 240. The monoisotopic (exact) mass is 247 g/mol. The van der Waals surface area contributed by atoms with Crippen LogP contribution in [0.1, 0.15) is 33.6 Å². The molecule has 1 atom stereocenters. The molecule has 94 valence electrons. The normalized spacial score (nSPS) is 21.2. The minimum atomic E-state index is -0.426. The Morgan fingerprint density at radius 1 is 1.50 bits per heavy atom. The number of nitrogens with zero attached hydrogens (tertiary/aromatic N) is 1. The molecule has 1 aliphatic heterocycles. The smallest absolute Gasteiger partial charge is 0.410 e. The van der Waals surface area contributed by atoms with Gasteiger partial charge in [0.1, 0.15) is 5.60 Å². The molecule has 0 radical (unpaired) electrons. The van der Waals surface area contributed by atoms with Crippen molar-refractivity contribution in [2.45, 2.75) is 45.3 Å². The topological polar surface area (TPSA) is 38.8 Å². The molecule has 1 saturated heterocycles. The lowest BCUT2D eigenvalue weighted by Gasteiger charge is -2.28. The van der Waals surface area contributed by atoms with E-state index in [9.17, 15) is 4.79 Å².